The summed E-state index contributed by atoms with van der Waals surface area (Å²) in [6.07, 6.45) is 1.30. The van der Waals surface area contributed by atoms with Crippen molar-refractivity contribution in [1.29, 1.82) is 0 Å². The van der Waals surface area contributed by atoms with Gasteiger partial charge in [0.2, 0.25) is 0 Å². The molecule has 0 aliphatic carbocycles. The molecular formula is C10H4F4IN3O. The average molecular weight is 385 g/mol. The summed E-state index contributed by atoms with van der Waals surface area (Å²) >= 11 is 1.75. The van der Waals surface area contributed by atoms with E-state index in [9.17, 15) is 22.4 Å². The number of nitrogens with one attached hydrogen (secondary N) is 2. The summed E-state index contributed by atoms with van der Waals surface area (Å²) in [6, 6.07) is 0.0558. The van der Waals surface area contributed by atoms with Crippen molar-refractivity contribution in [3.05, 3.63) is 44.8 Å². The minimum Gasteiger partial charge on any atom is -0.315 e. The second-order valence-electron chi connectivity index (χ2n) is 3.39. The fourth-order valence-corrected chi connectivity index (χ4v) is 1.79. The first kappa shape index (κ1) is 13.8. The third kappa shape index (κ3) is 2.55. The van der Waals surface area contributed by atoms with Crippen LogP contribution in [0.3, 0.4) is 0 Å². The number of hydrogen-bond donors (Lipinski definition) is 2. The van der Waals surface area contributed by atoms with Gasteiger partial charge in [-0.2, -0.15) is 5.10 Å². The Bertz CT molecular complexity index is 632. The Balaban J connectivity index is 2.40. The number of hydrogen-bond acceptors (Lipinski definition) is 2. The van der Waals surface area contributed by atoms with Crippen LogP contribution in [0.25, 0.3) is 0 Å². The van der Waals surface area contributed by atoms with E-state index < -0.39 is 34.9 Å². The lowest BCUT2D eigenvalue weighted by Crippen LogP contribution is -2.17. The molecule has 0 unspecified atom stereocenters. The molecule has 0 aliphatic heterocycles. The van der Waals surface area contributed by atoms with E-state index in [4.69, 9.17) is 0 Å². The molecule has 2 aromatic rings. The number of halogens is 5. The van der Waals surface area contributed by atoms with E-state index in [1.165, 1.54) is 6.20 Å². The van der Waals surface area contributed by atoms with E-state index >= 15 is 0 Å². The van der Waals surface area contributed by atoms with Crippen LogP contribution in [0.15, 0.2) is 12.3 Å². The first-order chi connectivity index (χ1) is 8.91. The molecule has 100 valence electrons. The summed E-state index contributed by atoms with van der Waals surface area (Å²) in [6.45, 7) is 0. The molecule has 4 nitrogen and oxygen atoms in total. The first-order valence-corrected chi connectivity index (χ1v) is 5.83. The lowest BCUT2D eigenvalue weighted by Gasteiger charge is -2.08. The summed E-state index contributed by atoms with van der Waals surface area (Å²) in [4.78, 5) is 11.7. The number of nitrogens with zero attached hydrogens (tertiary/aromatic N) is 1. The number of anilines is 1. The van der Waals surface area contributed by atoms with Gasteiger partial charge in [-0.1, -0.05) is 0 Å². The third-order valence-corrected chi connectivity index (χ3v) is 2.99. The molecule has 0 atom stereocenters. The number of amides is 1. The molecule has 0 fully saturated rings. The molecule has 1 aromatic heterocycles. The highest BCUT2D eigenvalue weighted by Gasteiger charge is 2.22. The maximum atomic E-state index is 13.3. The highest BCUT2D eigenvalue weighted by atomic mass is 127. The van der Waals surface area contributed by atoms with Crippen LogP contribution in [-0.2, 0) is 0 Å². The van der Waals surface area contributed by atoms with Crippen LogP contribution in [-0.4, -0.2) is 16.1 Å². The molecule has 19 heavy (non-hydrogen) atoms. The zero-order valence-electron chi connectivity index (χ0n) is 8.90. The summed E-state index contributed by atoms with van der Waals surface area (Å²) in [5.41, 5.74) is -1.27. The molecule has 0 saturated carbocycles. The number of carbonyl (C=O) groups excluding carboxylic acids is 1. The van der Waals surface area contributed by atoms with Crippen LogP contribution < -0.4 is 5.32 Å². The maximum Gasteiger partial charge on any atom is 0.274 e. The molecule has 1 aromatic carbocycles. The number of H-pyrrole nitrogens is 1. The maximum absolute atomic E-state index is 13.3. The van der Waals surface area contributed by atoms with Crippen LogP contribution in [0.4, 0.5) is 23.2 Å². The van der Waals surface area contributed by atoms with Crippen LogP contribution in [0.2, 0.25) is 0 Å². The Kier molecular flexibility index (Phi) is 3.73. The fraction of sp³-hybridized carbons (Fsp3) is 0. The molecule has 2 rings (SSSR count). The van der Waals surface area contributed by atoms with E-state index in [-0.39, 0.29) is 11.8 Å². The van der Waals surface area contributed by atoms with E-state index in [1.54, 1.807) is 27.9 Å². The van der Waals surface area contributed by atoms with Crippen molar-refractivity contribution in [2.24, 2.45) is 0 Å². The second-order valence-corrected chi connectivity index (χ2v) is 4.55. The van der Waals surface area contributed by atoms with Crippen molar-refractivity contribution in [2.75, 3.05) is 5.32 Å². The lowest BCUT2D eigenvalue weighted by molar-refractivity contribution is 0.102. The van der Waals surface area contributed by atoms with Crippen molar-refractivity contribution in [3.8, 4) is 0 Å². The number of carbonyl (C=O) groups is 1. The Morgan fingerprint density at radius 3 is 2.26 bits per heavy atom. The lowest BCUT2D eigenvalue weighted by atomic mass is 10.2. The standard InChI is InChI=1S/C10H4F4IN3O/c11-3-1-4(12)7(14)9(6(3)13)17-10(19)8-5(15)2-16-18-8/h1-2H,(H,16,18)(H,17,19). The van der Waals surface area contributed by atoms with E-state index in [0.29, 0.717) is 3.57 Å². The van der Waals surface area contributed by atoms with Crippen molar-refractivity contribution < 1.29 is 22.4 Å². The molecule has 1 amide bonds. The van der Waals surface area contributed by atoms with E-state index in [0.717, 1.165) is 0 Å². The fourth-order valence-electron chi connectivity index (χ4n) is 1.29. The largest absolute Gasteiger partial charge is 0.315 e. The van der Waals surface area contributed by atoms with Gasteiger partial charge in [-0.05, 0) is 22.6 Å². The molecule has 0 saturated heterocycles. The van der Waals surface area contributed by atoms with E-state index in [1.807, 2.05) is 0 Å². The summed E-state index contributed by atoms with van der Waals surface area (Å²) < 4.78 is 52.9. The van der Waals surface area contributed by atoms with Crippen molar-refractivity contribution in [3.63, 3.8) is 0 Å². The van der Waals surface area contributed by atoms with Crippen molar-refractivity contribution >= 4 is 34.2 Å². The summed E-state index contributed by atoms with van der Waals surface area (Å²) in [5.74, 6) is -7.53. The number of aromatic nitrogens is 2. The van der Waals surface area contributed by atoms with Gasteiger partial charge in [0.1, 0.15) is 11.4 Å². The Hall–Kier alpha value is -1.65. The number of benzene rings is 1. The van der Waals surface area contributed by atoms with Gasteiger partial charge >= 0.3 is 0 Å². The molecule has 2 N–H and O–H groups in total. The topological polar surface area (TPSA) is 57.8 Å². The minimum atomic E-state index is -1.68. The van der Waals surface area contributed by atoms with Gasteiger partial charge in [0.25, 0.3) is 5.91 Å². The molecule has 1 heterocycles. The van der Waals surface area contributed by atoms with Crippen molar-refractivity contribution in [2.45, 2.75) is 0 Å². The number of rotatable bonds is 2. The minimum absolute atomic E-state index is 0.0558. The Morgan fingerprint density at radius 2 is 1.79 bits per heavy atom. The van der Waals surface area contributed by atoms with Crippen LogP contribution >= 0.6 is 22.6 Å². The quantitative estimate of drug-likeness (QED) is 0.475. The van der Waals surface area contributed by atoms with Crippen molar-refractivity contribution in [1.82, 2.24) is 10.2 Å². The summed E-state index contributed by atoms with van der Waals surface area (Å²) in [7, 11) is 0. The smallest absolute Gasteiger partial charge is 0.274 e. The predicted molar refractivity (Wildman–Crippen MR) is 65.5 cm³/mol. The van der Waals surface area contributed by atoms with Crippen LogP contribution in [0.5, 0.6) is 0 Å². The molecule has 0 radical (unpaired) electrons. The zero-order valence-corrected chi connectivity index (χ0v) is 11.1. The average Bonchev–Trinajstić information content (AvgIpc) is 2.78. The third-order valence-electron chi connectivity index (χ3n) is 2.17. The zero-order chi connectivity index (χ0) is 14.2. The Labute approximate surface area is 117 Å². The van der Waals surface area contributed by atoms with Gasteiger partial charge in [0, 0.05) is 6.07 Å². The normalized spacial score (nSPS) is 10.6. The van der Waals surface area contributed by atoms with Gasteiger partial charge in [0.15, 0.2) is 23.3 Å². The monoisotopic (exact) mass is 385 g/mol. The predicted octanol–water partition coefficient (Wildman–Crippen LogP) is 2.82. The van der Waals surface area contributed by atoms with Gasteiger partial charge in [-0.25, -0.2) is 17.6 Å². The molecular weight excluding hydrogens is 381 g/mol. The van der Waals surface area contributed by atoms with Gasteiger partial charge < -0.3 is 5.32 Å². The molecule has 9 heteroatoms. The Morgan fingerprint density at radius 1 is 1.21 bits per heavy atom. The first-order valence-electron chi connectivity index (χ1n) is 4.75. The molecule has 0 bridgehead atoms. The SMILES string of the molecule is O=C(Nc1c(F)c(F)cc(F)c1F)c1[nH]ncc1I. The van der Waals surface area contributed by atoms with Gasteiger partial charge in [-0.3, -0.25) is 9.89 Å². The van der Waals surface area contributed by atoms with Gasteiger partial charge in [-0.15, -0.1) is 0 Å². The van der Waals surface area contributed by atoms with Crippen LogP contribution in [0.1, 0.15) is 10.5 Å². The highest BCUT2D eigenvalue weighted by Crippen LogP contribution is 2.24. The molecule has 0 aliphatic rings. The van der Waals surface area contributed by atoms with Gasteiger partial charge in [0.05, 0.1) is 9.77 Å². The summed E-state index contributed by atoms with van der Waals surface area (Å²) in [5, 5.41) is 7.59. The van der Waals surface area contributed by atoms with E-state index in [2.05, 4.69) is 10.2 Å². The van der Waals surface area contributed by atoms with Crippen LogP contribution in [0, 0.1) is 26.8 Å². The highest BCUT2D eigenvalue weighted by molar-refractivity contribution is 14.1. The second kappa shape index (κ2) is 5.15. The molecule has 0 spiro atoms. The number of aromatic amines is 1.